The second-order valence-corrected chi connectivity index (χ2v) is 3.52. The number of esters is 1. The lowest BCUT2D eigenvalue weighted by Crippen LogP contribution is -2.00. The number of nitrogens with zero attached hydrogens (tertiary/aromatic N) is 1. The second kappa shape index (κ2) is 3.26. The van der Waals surface area contributed by atoms with Gasteiger partial charge in [0.15, 0.2) is 0 Å². The van der Waals surface area contributed by atoms with Crippen molar-refractivity contribution in [2.75, 3.05) is 12.8 Å². The summed E-state index contributed by atoms with van der Waals surface area (Å²) in [6.45, 7) is 0. The number of rotatable bonds is 1. The lowest BCUT2D eigenvalue weighted by molar-refractivity contribution is 0.0603. The number of methoxy groups -OCH3 is 1. The van der Waals surface area contributed by atoms with Crippen molar-refractivity contribution in [3.05, 3.63) is 23.8 Å². The molecule has 0 saturated carbocycles. The first kappa shape index (κ1) is 8.96. The van der Waals surface area contributed by atoms with Crippen molar-refractivity contribution in [2.45, 2.75) is 0 Å². The van der Waals surface area contributed by atoms with Gasteiger partial charge in [-0.1, -0.05) is 6.07 Å². The molecule has 0 aliphatic heterocycles. The monoisotopic (exact) mass is 208 g/mol. The van der Waals surface area contributed by atoms with E-state index in [-0.39, 0.29) is 5.97 Å². The molecule has 4 nitrogen and oxygen atoms in total. The van der Waals surface area contributed by atoms with Crippen LogP contribution < -0.4 is 5.73 Å². The molecule has 1 heterocycles. The molecule has 0 saturated heterocycles. The Labute approximate surface area is 84.5 Å². The molecule has 0 bridgehead atoms. The summed E-state index contributed by atoms with van der Waals surface area (Å²) in [6.07, 6.45) is 0. The van der Waals surface area contributed by atoms with Gasteiger partial charge in [-0.15, -0.1) is 0 Å². The third kappa shape index (κ3) is 1.22. The molecule has 2 N–H and O–H groups in total. The zero-order valence-corrected chi connectivity index (χ0v) is 8.30. The van der Waals surface area contributed by atoms with E-state index >= 15 is 0 Å². The van der Waals surface area contributed by atoms with Crippen LogP contribution in [0.1, 0.15) is 10.4 Å². The highest BCUT2D eigenvalue weighted by Crippen LogP contribution is 2.27. The molecule has 0 amide bonds. The number of nitrogen functional groups attached to an aromatic ring is 1. The van der Waals surface area contributed by atoms with Gasteiger partial charge in [-0.25, -0.2) is 4.79 Å². The Morgan fingerprint density at radius 1 is 1.57 bits per heavy atom. The smallest absolute Gasteiger partial charge is 0.339 e. The van der Waals surface area contributed by atoms with Gasteiger partial charge in [0.25, 0.3) is 0 Å². The highest BCUT2D eigenvalue weighted by atomic mass is 32.1. The quantitative estimate of drug-likeness (QED) is 0.724. The van der Waals surface area contributed by atoms with Crippen LogP contribution in [-0.2, 0) is 4.74 Å². The van der Waals surface area contributed by atoms with E-state index in [0.717, 1.165) is 10.1 Å². The molecule has 0 aliphatic rings. The third-order valence-corrected chi connectivity index (χ3v) is 2.84. The van der Waals surface area contributed by atoms with Gasteiger partial charge in [-0.2, -0.15) is 4.37 Å². The fourth-order valence-electron chi connectivity index (χ4n) is 1.25. The van der Waals surface area contributed by atoms with Crippen molar-refractivity contribution in [1.29, 1.82) is 0 Å². The van der Waals surface area contributed by atoms with Crippen molar-refractivity contribution in [2.24, 2.45) is 0 Å². The Hall–Kier alpha value is -1.62. The molecule has 0 unspecified atom stereocenters. The Morgan fingerprint density at radius 2 is 2.36 bits per heavy atom. The molecule has 0 radical (unpaired) electrons. The number of hydrogen-bond acceptors (Lipinski definition) is 5. The van der Waals surface area contributed by atoms with Crippen LogP contribution in [0, 0.1) is 0 Å². The van der Waals surface area contributed by atoms with Gasteiger partial charge in [0.1, 0.15) is 5.82 Å². The molecule has 14 heavy (non-hydrogen) atoms. The Kier molecular flexibility index (Phi) is 2.09. The first-order valence-corrected chi connectivity index (χ1v) is 4.73. The minimum absolute atomic E-state index is 0.362. The molecule has 0 aliphatic carbocycles. The molecule has 0 fully saturated rings. The topological polar surface area (TPSA) is 65.2 Å². The Balaban J connectivity index is 2.71. The van der Waals surface area contributed by atoms with Gasteiger partial charge in [0.05, 0.1) is 17.4 Å². The minimum Gasteiger partial charge on any atom is -0.465 e. The number of benzene rings is 1. The molecular weight excluding hydrogens is 200 g/mol. The van der Waals surface area contributed by atoms with Crippen molar-refractivity contribution in [1.82, 2.24) is 4.37 Å². The first-order valence-electron chi connectivity index (χ1n) is 3.96. The summed E-state index contributed by atoms with van der Waals surface area (Å²) in [4.78, 5) is 11.4. The van der Waals surface area contributed by atoms with E-state index in [1.807, 2.05) is 6.07 Å². The summed E-state index contributed by atoms with van der Waals surface area (Å²) in [5, 5.41) is 0.804. The molecule has 72 valence electrons. The van der Waals surface area contributed by atoms with Crippen LogP contribution in [0.15, 0.2) is 18.2 Å². The summed E-state index contributed by atoms with van der Waals surface area (Å²) in [5.74, 6) is 0.0926. The number of nitrogens with two attached hydrogens (primary N) is 1. The van der Waals surface area contributed by atoms with E-state index in [4.69, 9.17) is 5.73 Å². The summed E-state index contributed by atoms with van der Waals surface area (Å²) >= 11 is 1.21. The Morgan fingerprint density at radius 3 is 3.07 bits per heavy atom. The average molecular weight is 208 g/mol. The highest BCUT2D eigenvalue weighted by molar-refractivity contribution is 7.14. The van der Waals surface area contributed by atoms with Crippen molar-refractivity contribution < 1.29 is 9.53 Å². The van der Waals surface area contributed by atoms with Crippen molar-refractivity contribution in [3.63, 3.8) is 0 Å². The first-order chi connectivity index (χ1) is 6.74. The maximum absolute atomic E-state index is 11.4. The van der Waals surface area contributed by atoms with E-state index in [9.17, 15) is 4.79 Å². The van der Waals surface area contributed by atoms with Crippen LogP contribution in [0.25, 0.3) is 10.1 Å². The molecule has 1 aromatic heterocycles. The number of hydrogen-bond donors (Lipinski definition) is 1. The molecule has 0 spiro atoms. The molecule has 0 atom stereocenters. The van der Waals surface area contributed by atoms with Gasteiger partial charge < -0.3 is 10.5 Å². The zero-order valence-electron chi connectivity index (χ0n) is 7.48. The van der Waals surface area contributed by atoms with Crippen LogP contribution in [0.2, 0.25) is 0 Å². The van der Waals surface area contributed by atoms with Crippen LogP contribution >= 0.6 is 11.5 Å². The largest absolute Gasteiger partial charge is 0.465 e. The number of anilines is 1. The van der Waals surface area contributed by atoms with Crippen LogP contribution in [0.3, 0.4) is 0 Å². The molecule has 2 aromatic rings. The molecule has 1 aromatic carbocycles. The Bertz CT molecular complexity index is 493. The highest BCUT2D eigenvalue weighted by Gasteiger charge is 2.13. The second-order valence-electron chi connectivity index (χ2n) is 2.74. The van der Waals surface area contributed by atoms with Gasteiger partial charge in [-0.05, 0) is 23.7 Å². The SMILES string of the molecule is COC(=O)c1cccc2c(N)nsc12. The number of carbonyl (C=O) groups is 1. The van der Waals surface area contributed by atoms with E-state index in [0.29, 0.717) is 11.4 Å². The molecule has 2 rings (SSSR count). The fraction of sp³-hybridized carbons (Fsp3) is 0.111. The molecular formula is C9H8N2O2S. The fourth-order valence-corrected chi connectivity index (χ4v) is 2.06. The van der Waals surface area contributed by atoms with Gasteiger partial charge >= 0.3 is 5.97 Å². The van der Waals surface area contributed by atoms with Crippen LogP contribution in [-0.4, -0.2) is 17.5 Å². The van der Waals surface area contributed by atoms with Crippen LogP contribution in [0.5, 0.6) is 0 Å². The zero-order chi connectivity index (χ0) is 10.1. The van der Waals surface area contributed by atoms with Crippen molar-refractivity contribution >= 4 is 33.4 Å². The third-order valence-electron chi connectivity index (χ3n) is 1.93. The maximum Gasteiger partial charge on any atom is 0.339 e. The summed E-state index contributed by atoms with van der Waals surface area (Å²) < 4.78 is 9.41. The van der Waals surface area contributed by atoms with E-state index in [2.05, 4.69) is 9.11 Å². The maximum atomic E-state index is 11.4. The number of ether oxygens (including phenoxy) is 1. The van der Waals surface area contributed by atoms with E-state index in [1.165, 1.54) is 18.6 Å². The van der Waals surface area contributed by atoms with Gasteiger partial charge in [0.2, 0.25) is 0 Å². The minimum atomic E-state index is -0.362. The standard InChI is InChI=1S/C9H8N2O2S/c1-13-9(12)6-4-2-3-5-7(6)14-11-8(5)10/h2-4H,1H3,(H2,10,11). The van der Waals surface area contributed by atoms with E-state index < -0.39 is 0 Å². The lowest BCUT2D eigenvalue weighted by atomic mass is 10.2. The predicted molar refractivity (Wildman–Crippen MR) is 55.4 cm³/mol. The van der Waals surface area contributed by atoms with Crippen LogP contribution in [0.4, 0.5) is 5.82 Å². The average Bonchev–Trinajstić information content (AvgIpc) is 2.59. The van der Waals surface area contributed by atoms with Gasteiger partial charge in [0, 0.05) is 5.39 Å². The molecule has 5 heteroatoms. The summed E-state index contributed by atoms with van der Waals surface area (Å²) in [7, 11) is 1.35. The lowest BCUT2D eigenvalue weighted by Gasteiger charge is -1.99. The van der Waals surface area contributed by atoms with Gasteiger partial charge in [-0.3, -0.25) is 0 Å². The van der Waals surface area contributed by atoms with E-state index in [1.54, 1.807) is 12.1 Å². The summed E-state index contributed by atoms with van der Waals surface area (Å²) in [6, 6.07) is 5.30. The summed E-state index contributed by atoms with van der Waals surface area (Å²) in [5.41, 5.74) is 6.15. The number of carbonyl (C=O) groups excluding carboxylic acids is 1. The predicted octanol–water partition coefficient (Wildman–Crippen LogP) is 1.67. The number of fused-ring (bicyclic) bond motifs is 1. The van der Waals surface area contributed by atoms with Crippen molar-refractivity contribution in [3.8, 4) is 0 Å². The normalized spacial score (nSPS) is 10.4. The number of aromatic nitrogens is 1.